The highest BCUT2D eigenvalue weighted by atomic mass is 35.5. The van der Waals surface area contributed by atoms with E-state index >= 15 is 0 Å². The lowest BCUT2D eigenvalue weighted by Crippen LogP contribution is -2.33. The summed E-state index contributed by atoms with van der Waals surface area (Å²) in [5.41, 5.74) is 0.950. The SMILES string of the molecule is Cl.c1ccc(-c2noc(C3CNCCO3)n2)cc1. The maximum absolute atomic E-state index is 5.55. The molecule has 0 saturated carbocycles. The van der Waals surface area contributed by atoms with Gasteiger partial charge in [-0.15, -0.1) is 12.4 Å². The van der Waals surface area contributed by atoms with E-state index in [-0.39, 0.29) is 18.5 Å². The minimum Gasteiger partial charge on any atom is -0.366 e. The molecule has 1 aliphatic heterocycles. The van der Waals surface area contributed by atoms with E-state index in [0.29, 0.717) is 18.3 Å². The summed E-state index contributed by atoms with van der Waals surface area (Å²) in [6, 6.07) is 9.76. The third kappa shape index (κ3) is 2.69. The summed E-state index contributed by atoms with van der Waals surface area (Å²) >= 11 is 0. The minimum atomic E-state index is -0.131. The first-order chi connectivity index (χ1) is 8.43. The Kier molecular flexibility index (Phi) is 4.30. The van der Waals surface area contributed by atoms with Crippen LogP contribution in [0.5, 0.6) is 0 Å². The number of hydrogen-bond acceptors (Lipinski definition) is 5. The highest BCUT2D eigenvalue weighted by Gasteiger charge is 2.22. The fourth-order valence-electron chi connectivity index (χ4n) is 1.79. The Hall–Kier alpha value is -1.43. The number of ether oxygens (including phenoxy) is 1. The second-order valence-electron chi connectivity index (χ2n) is 3.89. The molecule has 0 radical (unpaired) electrons. The number of halogens is 1. The van der Waals surface area contributed by atoms with E-state index in [9.17, 15) is 0 Å². The molecule has 1 unspecified atom stereocenters. The Morgan fingerprint density at radius 3 is 2.78 bits per heavy atom. The van der Waals surface area contributed by atoms with Crippen molar-refractivity contribution in [1.29, 1.82) is 0 Å². The molecule has 1 atom stereocenters. The molecule has 0 amide bonds. The fraction of sp³-hybridized carbons (Fsp3) is 0.333. The van der Waals surface area contributed by atoms with Crippen LogP contribution >= 0.6 is 12.4 Å². The third-order valence-electron chi connectivity index (χ3n) is 2.68. The topological polar surface area (TPSA) is 60.2 Å². The van der Waals surface area contributed by atoms with Gasteiger partial charge in [0.25, 0.3) is 5.89 Å². The monoisotopic (exact) mass is 267 g/mol. The molecule has 18 heavy (non-hydrogen) atoms. The van der Waals surface area contributed by atoms with Crippen LogP contribution in [-0.4, -0.2) is 29.8 Å². The summed E-state index contributed by atoms with van der Waals surface area (Å²) < 4.78 is 10.8. The van der Waals surface area contributed by atoms with Crippen molar-refractivity contribution in [1.82, 2.24) is 15.5 Å². The molecule has 1 aliphatic rings. The van der Waals surface area contributed by atoms with Crippen molar-refractivity contribution >= 4 is 12.4 Å². The van der Waals surface area contributed by atoms with Crippen LogP contribution in [0, 0.1) is 0 Å². The van der Waals surface area contributed by atoms with Gasteiger partial charge in [0.05, 0.1) is 6.61 Å². The van der Waals surface area contributed by atoms with Crippen LogP contribution in [-0.2, 0) is 4.74 Å². The van der Waals surface area contributed by atoms with Crippen molar-refractivity contribution in [2.75, 3.05) is 19.7 Å². The van der Waals surface area contributed by atoms with Crippen LogP contribution < -0.4 is 5.32 Å². The van der Waals surface area contributed by atoms with E-state index in [1.165, 1.54) is 0 Å². The normalized spacial score (nSPS) is 19.2. The second kappa shape index (κ2) is 5.95. The minimum absolute atomic E-state index is 0. The van der Waals surface area contributed by atoms with E-state index in [4.69, 9.17) is 9.26 Å². The smallest absolute Gasteiger partial charge is 0.257 e. The van der Waals surface area contributed by atoms with Gasteiger partial charge in [-0.1, -0.05) is 35.5 Å². The number of nitrogens with one attached hydrogen (secondary N) is 1. The number of nitrogens with zero attached hydrogens (tertiary/aromatic N) is 2. The summed E-state index contributed by atoms with van der Waals surface area (Å²) in [6.07, 6.45) is -0.131. The summed E-state index contributed by atoms with van der Waals surface area (Å²) in [4.78, 5) is 4.36. The van der Waals surface area contributed by atoms with Crippen molar-refractivity contribution < 1.29 is 9.26 Å². The van der Waals surface area contributed by atoms with E-state index in [1.807, 2.05) is 30.3 Å². The summed E-state index contributed by atoms with van der Waals surface area (Å²) in [5.74, 6) is 1.14. The van der Waals surface area contributed by atoms with Gasteiger partial charge >= 0.3 is 0 Å². The molecule has 96 valence electrons. The number of aromatic nitrogens is 2. The summed E-state index contributed by atoms with van der Waals surface area (Å²) in [5, 5.41) is 7.20. The van der Waals surface area contributed by atoms with E-state index in [0.717, 1.165) is 18.7 Å². The number of hydrogen-bond donors (Lipinski definition) is 1. The van der Waals surface area contributed by atoms with E-state index in [1.54, 1.807) is 0 Å². The lowest BCUT2D eigenvalue weighted by molar-refractivity contribution is 0.00755. The molecule has 2 heterocycles. The predicted octanol–water partition coefficient (Wildman–Crippen LogP) is 1.82. The van der Waals surface area contributed by atoms with Crippen molar-refractivity contribution in [3.8, 4) is 11.4 Å². The van der Waals surface area contributed by atoms with Crippen LogP contribution in [0.1, 0.15) is 12.0 Å². The van der Waals surface area contributed by atoms with Crippen molar-refractivity contribution in [3.63, 3.8) is 0 Å². The molecular formula is C12H14ClN3O2. The van der Waals surface area contributed by atoms with Crippen LogP contribution in [0.25, 0.3) is 11.4 Å². The zero-order valence-electron chi connectivity index (χ0n) is 9.70. The molecule has 1 N–H and O–H groups in total. The van der Waals surface area contributed by atoms with Crippen molar-refractivity contribution in [2.24, 2.45) is 0 Å². The molecule has 0 spiro atoms. The molecule has 5 nitrogen and oxygen atoms in total. The molecule has 2 aromatic rings. The van der Waals surface area contributed by atoms with Gasteiger partial charge in [-0.3, -0.25) is 0 Å². The molecule has 6 heteroatoms. The summed E-state index contributed by atoms with van der Waals surface area (Å²) in [7, 11) is 0. The van der Waals surface area contributed by atoms with Crippen LogP contribution in [0.3, 0.4) is 0 Å². The van der Waals surface area contributed by atoms with Gasteiger partial charge in [0.15, 0.2) is 0 Å². The van der Waals surface area contributed by atoms with Crippen molar-refractivity contribution in [3.05, 3.63) is 36.2 Å². The number of benzene rings is 1. The van der Waals surface area contributed by atoms with Gasteiger partial charge in [-0.2, -0.15) is 4.98 Å². The highest BCUT2D eigenvalue weighted by Crippen LogP contribution is 2.21. The Bertz CT molecular complexity index is 483. The molecule has 1 saturated heterocycles. The Labute approximate surface area is 111 Å². The van der Waals surface area contributed by atoms with Gasteiger partial charge in [0.1, 0.15) is 6.10 Å². The Morgan fingerprint density at radius 2 is 2.06 bits per heavy atom. The highest BCUT2D eigenvalue weighted by molar-refractivity contribution is 5.85. The lowest BCUT2D eigenvalue weighted by Gasteiger charge is -2.19. The molecule has 1 fully saturated rings. The zero-order valence-corrected chi connectivity index (χ0v) is 10.5. The maximum atomic E-state index is 5.55. The first-order valence-electron chi connectivity index (χ1n) is 5.65. The predicted molar refractivity (Wildman–Crippen MR) is 68.5 cm³/mol. The molecule has 0 bridgehead atoms. The molecular weight excluding hydrogens is 254 g/mol. The Balaban J connectivity index is 0.00000120. The quantitative estimate of drug-likeness (QED) is 0.899. The zero-order chi connectivity index (χ0) is 11.5. The number of rotatable bonds is 2. The molecule has 1 aromatic heterocycles. The first-order valence-corrected chi connectivity index (χ1v) is 5.65. The second-order valence-corrected chi connectivity index (χ2v) is 3.89. The van der Waals surface area contributed by atoms with Gasteiger partial charge < -0.3 is 14.6 Å². The van der Waals surface area contributed by atoms with Crippen LogP contribution in [0.2, 0.25) is 0 Å². The lowest BCUT2D eigenvalue weighted by atomic mass is 10.2. The average molecular weight is 268 g/mol. The fourth-order valence-corrected chi connectivity index (χ4v) is 1.79. The molecule has 1 aromatic carbocycles. The number of morpholine rings is 1. The maximum Gasteiger partial charge on any atom is 0.257 e. The first kappa shape index (κ1) is 13.0. The van der Waals surface area contributed by atoms with Crippen molar-refractivity contribution in [2.45, 2.75) is 6.10 Å². The van der Waals surface area contributed by atoms with E-state index in [2.05, 4.69) is 15.5 Å². The standard InChI is InChI=1S/C12H13N3O2.ClH/c1-2-4-9(5-3-1)11-14-12(17-15-11)10-8-13-6-7-16-10;/h1-5,10,13H,6-8H2;1H. The van der Waals surface area contributed by atoms with Crippen LogP contribution in [0.4, 0.5) is 0 Å². The van der Waals surface area contributed by atoms with Gasteiger partial charge in [0.2, 0.25) is 5.82 Å². The Morgan fingerprint density at radius 1 is 1.22 bits per heavy atom. The third-order valence-corrected chi connectivity index (χ3v) is 2.68. The largest absolute Gasteiger partial charge is 0.366 e. The molecule has 0 aliphatic carbocycles. The van der Waals surface area contributed by atoms with Gasteiger partial charge in [0, 0.05) is 18.7 Å². The van der Waals surface area contributed by atoms with Crippen LogP contribution in [0.15, 0.2) is 34.9 Å². The van der Waals surface area contributed by atoms with Gasteiger partial charge in [-0.25, -0.2) is 0 Å². The molecule has 3 rings (SSSR count). The average Bonchev–Trinajstić information content (AvgIpc) is 2.90. The van der Waals surface area contributed by atoms with Gasteiger partial charge in [-0.05, 0) is 0 Å². The van der Waals surface area contributed by atoms with E-state index < -0.39 is 0 Å². The summed E-state index contributed by atoms with van der Waals surface area (Å²) in [6.45, 7) is 2.26.